The van der Waals surface area contributed by atoms with Gasteiger partial charge in [-0.25, -0.2) is 4.79 Å². The van der Waals surface area contributed by atoms with Crippen LogP contribution in [-0.2, 0) is 16.1 Å². The molecule has 0 aliphatic carbocycles. The molecular formula is C14H20N2O3. The quantitative estimate of drug-likeness (QED) is 0.823. The molecule has 0 aromatic heterocycles. The van der Waals surface area contributed by atoms with Crippen molar-refractivity contribution in [2.45, 2.75) is 32.9 Å². The first-order valence-electron chi connectivity index (χ1n) is 6.35. The molecule has 5 nitrogen and oxygen atoms in total. The van der Waals surface area contributed by atoms with Crippen molar-refractivity contribution in [3.8, 4) is 0 Å². The van der Waals surface area contributed by atoms with Crippen LogP contribution in [0.4, 0.5) is 4.79 Å². The van der Waals surface area contributed by atoms with Crippen LogP contribution in [0.1, 0.15) is 25.8 Å². The molecule has 1 aromatic carbocycles. The van der Waals surface area contributed by atoms with Gasteiger partial charge in [0.25, 0.3) is 0 Å². The fourth-order valence-electron chi connectivity index (χ4n) is 1.35. The van der Waals surface area contributed by atoms with Gasteiger partial charge in [0.1, 0.15) is 13.2 Å². The van der Waals surface area contributed by atoms with Crippen molar-refractivity contribution < 1.29 is 14.3 Å². The fraction of sp³-hybridized carbons (Fsp3) is 0.429. The highest BCUT2D eigenvalue weighted by Gasteiger charge is 2.08. The number of rotatable bonds is 6. The maximum absolute atomic E-state index is 11.4. The number of amides is 2. The molecule has 0 heterocycles. The first-order valence-corrected chi connectivity index (χ1v) is 6.35. The Labute approximate surface area is 113 Å². The summed E-state index contributed by atoms with van der Waals surface area (Å²) in [6.45, 7) is 4.01. The molecule has 1 unspecified atom stereocenters. The number of carbonyl (C=O) groups excluding carboxylic acids is 2. The summed E-state index contributed by atoms with van der Waals surface area (Å²) in [5.74, 6) is -0.217. The maximum Gasteiger partial charge on any atom is 0.407 e. The van der Waals surface area contributed by atoms with Gasteiger partial charge in [-0.1, -0.05) is 37.3 Å². The van der Waals surface area contributed by atoms with E-state index in [4.69, 9.17) is 4.74 Å². The summed E-state index contributed by atoms with van der Waals surface area (Å²) in [5, 5.41) is 5.16. The minimum Gasteiger partial charge on any atom is -0.445 e. The second-order valence-electron chi connectivity index (χ2n) is 4.29. The second kappa shape index (κ2) is 8.13. The molecule has 1 aromatic rings. The van der Waals surface area contributed by atoms with E-state index in [0.29, 0.717) is 0 Å². The number of ether oxygens (including phenoxy) is 1. The minimum atomic E-state index is -0.594. The number of alkyl carbamates (subject to hydrolysis) is 1. The third-order valence-electron chi connectivity index (χ3n) is 2.63. The van der Waals surface area contributed by atoms with Gasteiger partial charge in [-0.05, 0) is 18.9 Å². The van der Waals surface area contributed by atoms with Crippen LogP contribution in [0, 0.1) is 0 Å². The molecular weight excluding hydrogens is 244 g/mol. The molecule has 1 rings (SSSR count). The van der Waals surface area contributed by atoms with Crippen molar-refractivity contribution in [2.24, 2.45) is 0 Å². The maximum atomic E-state index is 11.4. The summed E-state index contributed by atoms with van der Waals surface area (Å²) >= 11 is 0. The minimum absolute atomic E-state index is 0.0715. The summed E-state index contributed by atoms with van der Waals surface area (Å²) in [6, 6.07) is 9.47. The summed E-state index contributed by atoms with van der Waals surface area (Å²) < 4.78 is 4.98. The van der Waals surface area contributed by atoms with Crippen LogP contribution >= 0.6 is 0 Å². The van der Waals surface area contributed by atoms with E-state index in [2.05, 4.69) is 10.6 Å². The van der Waals surface area contributed by atoms with E-state index in [9.17, 15) is 9.59 Å². The summed E-state index contributed by atoms with van der Waals surface area (Å²) in [7, 11) is 0. The van der Waals surface area contributed by atoms with Crippen molar-refractivity contribution in [1.82, 2.24) is 10.6 Å². The van der Waals surface area contributed by atoms with Crippen molar-refractivity contribution in [3.05, 3.63) is 35.9 Å². The van der Waals surface area contributed by atoms with Crippen LogP contribution in [0.2, 0.25) is 0 Å². The summed E-state index contributed by atoms with van der Waals surface area (Å²) in [6.07, 6.45) is 0.257. The lowest BCUT2D eigenvalue weighted by Crippen LogP contribution is -2.40. The second-order valence-corrected chi connectivity index (χ2v) is 4.29. The number of carbonyl (C=O) groups is 2. The SMILES string of the molecule is CCC(C)NC(=O)CNC(=O)OCc1ccccc1. The predicted molar refractivity (Wildman–Crippen MR) is 72.5 cm³/mol. The third-order valence-corrected chi connectivity index (χ3v) is 2.63. The van der Waals surface area contributed by atoms with Crippen LogP contribution in [0.3, 0.4) is 0 Å². The van der Waals surface area contributed by atoms with Crippen LogP contribution in [-0.4, -0.2) is 24.6 Å². The molecule has 19 heavy (non-hydrogen) atoms. The lowest BCUT2D eigenvalue weighted by molar-refractivity contribution is -0.120. The van der Waals surface area contributed by atoms with Gasteiger partial charge in [0.15, 0.2) is 0 Å². The largest absolute Gasteiger partial charge is 0.445 e. The molecule has 1 atom stereocenters. The van der Waals surface area contributed by atoms with E-state index < -0.39 is 6.09 Å². The van der Waals surface area contributed by atoms with Crippen molar-refractivity contribution >= 4 is 12.0 Å². The van der Waals surface area contributed by atoms with Crippen molar-refractivity contribution in [2.75, 3.05) is 6.54 Å². The van der Waals surface area contributed by atoms with E-state index in [1.165, 1.54) is 0 Å². The predicted octanol–water partition coefficient (Wildman–Crippen LogP) is 1.83. The highest BCUT2D eigenvalue weighted by atomic mass is 16.5. The lowest BCUT2D eigenvalue weighted by Gasteiger charge is -2.11. The number of hydrogen-bond donors (Lipinski definition) is 2. The Balaban J connectivity index is 2.19. The van der Waals surface area contributed by atoms with Gasteiger partial charge in [0.05, 0.1) is 0 Å². The lowest BCUT2D eigenvalue weighted by atomic mass is 10.2. The molecule has 0 bridgehead atoms. The third kappa shape index (κ3) is 6.45. The molecule has 0 aliphatic heterocycles. The van der Waals surface area contributed by atoms with Gasteiger partial charge in [0.2, 0.25) is 5.91 Å². The summed E-state index contributed by atoms with van der Waals surface area (Å²) in [4.78, 5) is 22.8. The van der Waals surface area contributed by atoms with Crippen molar-refractivity contribution in [1.29, 1.82) is 0 Å². The average molecular weight is 264 g/mol. The molecule has 0 aliphatic rings. The average Bonchev–Trinajstić information content (AvgIpc) is 2.43. The molecule has 0 radical (unpaired) electrons. The van der Waals surface area contributed by atoms with E-state index in [1.54, 1.807) is 0 Å². The van der Waals surface area contributed by atoms with Crippen LogP contribution in [0.25, 0.3) is 0 Å². The molecule has 0 saturated carbocycles. The highest BCUT2D eigenvalue weighted by Crippen LogP contribution is 2.00. The zero-order chi connectivity index (χ0) is 14.1. The Morgan fingerprint density at radius 1 is 1.26 bits per heavy atom. The van der Waals surface area contributed by atoms with Gasteiger partial charge in [-0.15, -0.1) is 0 Å². The van der Waals surface area contributed by atoms with Gasteiger partial charge in [0, 0.05) is 6.04 Å². The van der Waals surface area contributed by atoms with Gasteiger partial charge >= 0.3 is 6.09 Å². The van der Waals surface area contributed by atoms with Gasteiger partial charge in [-0.3, -0.25) is 4.79 Å². The molecule has 2 N–H and O–H groups in total. The first-order chi connectivity index (χ1) is 9.11. The Kier molecular flexibility index (Phi) is 6.43. The Morgan fingerprint density at radius 3 is 2.58 bits per heavy atom. The smallest absolute Gasteiger partial charge is 0.407 e. The zero-order valence-electron chi connectivity index (χ0n) is 11.3. The van der Waals surface area contributed by atoms with Crippen LogP contribution < -0.4 is 10.6 Å². The van der Waals surface area contributed by atoms with Crippen LogP contribution in [0.15, 0.2) is 30.3 Å². The highest BCUT2D eigenvalue weighted by molar-refractivity contribution is 5.82. The summed E-state index contributed by atoms with van der Waals surface area (Å²) in [5.41, 5.74) is 0.904. The van der Waals surface area contributed by atoms with Crippen molar-refractivity contribution in [3.63, 3.8) is 0 Å². The molecule has 2 amide bonds. The monoisotopic (exact) mass is 264 g/mol. The number of nitrogens with one attached hydrogen (secondary N) is 2. The van der Waals surface area contributed by atoms with Gasteiger partial charge in [-0.2, -0.15) is 0 Å². The Bertz CT molecular complexity index is 406. The normalized spacial score (nSPS) is 11.5. The zero-order valence-corrected chi connectivity index (χ0v) is 11.3. The molecule has 104 valence electrons. The Morgan fingerprint density at radius 2 is 1.95 bits per heavy atom. The molecule has 0 fully saturated rings. The molecule has 5 heteroatoms. The first kappa shape index (κ1) is 15.0. The Hall–Kier alpha value is -2.04. The van der Waals surface area contributed by atoms with E-state index >= 15 is 0 Å². The number of benzene rings is 1. The standard InChI is InChI=1S/C14H20N2O3/c1-3-11(2)16-13(17)9-15-14(18)19-10-12-7-5-4-6-8-12/h4-8,11H,3,9-10H2,1-2H3,(H,15,18)(H,16,17). The van der Waals surface area contributed by atoms with E-state index in [1.807, 2.05) is 44.2 Å². The molecule has 0 spiro atoms. The van der Waals surface area contributed by atoms with E-state index in [-0.39, 0.29) is 25.1 Å². The number of hydrogen-bond acceptors (Lipinski definition) is 3. The topological polar surface area (TPSA) is 67.4 Å². The molecule has 0 saturated heterocycles. The fourth-order valence-corrected chi connectivity index (χ4v) is 1.35. The van der Waals surface area contributed by atoms with Gasteiger partial charge < -0.3 is 15.4 Å². The van der Waals surface area contributed by atoms with Crippen LogP contribution in [0.5, 0.6) is 0 Å². The van der Waals surface area contributed by atoms with E-state index in [0.717, 1.165) is 12.0 Å².